The maximum atomic E-state index is 11.2. The van der Waals surface area contributed by atoms with Gasteiger partial charge in [-0.15, -0.1) is 0 Å². The molecule has 0 aliphatic rings. The van der Waals surface area contributed by atoms with Gasteiger partial charge in [0.25, 0.3) is 0 Å². The average Bonchev–Trinajstić information content (AvgIpc) is 3.52. The molecule has 35 heavy (non-hydrogen) atoms. The van der Waals surface area contributed by atoms with Crippen molar-refractivity contribution in [1.29, 1.82) is 0 Å². The second kappa shape index (κ2) is 9.87. The van der Waals surface area contributed by atoms with E-state index in [1.165, 1.54) is 0 Å². The molecule has 0 unspecified atom stereocenters. The number of para-hydroxylation sites is 1. The molecular weight excluding hydrogens is 442 g/mol. The minimum Gasteiger partial charge on any atom is -0.489 e. The van der Waals surface area contributed by atoms with E-state index in [0.29, 0.717) is 24.4 Å². The summed E-state index contributed by atoms with van der Waals surface area (Å²) in [5, 5.41) is 10.2. The molecule has 0 bridgehead atoms. The SMILES string of the molecule is NCc1cccc(-c2cc(COc3ccccc3CC(=O)O)cc3cc(Cn4ccnc4)oc23)c1. The van der Waals surface area contributed by atoms with Gasteiger partial charge in [0.15, 0.2) is 0 Å². The molecule has 2 aromatic heterocycles. The largest absolute Gasteiger partial charge is 0.489 e. The van der Waals surface area contributed by atoms with Crippen molar-refractivity contribution in [1.82, 2.24) is 9.55 Å². The molecule has 0 atom stereocenters. The number of carbonyl (C=O) groups is 1. The number of hydrogen-bond acceptors (Lipinski definition) is 5. The molecule has 0 aliphatic heterocycles. The second-order valence-electron chi connectivity index (χ2n) is 8.38. The summed E-state index contributed by atoms with van der Waals surface area (Å²) >= 11 is 0. The number of benzene rings is 3. The van der Waals surface area contributed by atoms with Crippen molar-refractivity contribution < 1.29 is 19.1 Å². The van der Waals surface area contributed by atoms with Gasteiger partial charge in [-0.1, -0.05) is 36.4 Å². The van der Waals surface area contributed by atoms with E-state index in [2.05, 4.69) is 17.1 Å². The summed E-state index contributed by atoms with van der Waals surface area (Å²) < 4.78 is 14.3. The van der Waals surface area contributed by atoms with Crippen LogP contribution in [0.1, 0.15) is 22.5 Å². The normalized spacial score (nSPS) is 11.1. The zero-order valence-corrected chi connectivity index (χ0v) is 19.1. The number of ether oxygens (including phenoxy) is 1. The van der Waals surface area contributed by atoms with Crippen LogP contribution in [0.4, 0.5) is 0 Å². The van der Waals surface area contributed by atoms with Gasteiger partial charge in [0.2, 0.25) is 0 Å². The minimum atomic E-state index is -0.895. The van der Waals surface area contributed by atoms with E-state index in [0.717, 1.165) is 39.0 Å². The van der Waals surface area contributed by atoms with Gasteiger partial charge in [-0.05, 0) is 47.0 Å². The molecule has 2 heterocycles. The molecule has 3 N–H and O–H groups in total. The summed E-state index contributed by atoms with van der Waals surface area (Å²) in [6, 6.07) is 21.5. The molecule has 3 aromatic carbocycles. The zero-order chi connectivity index (χ0) is 24.2. The highest BCUT2D eigenvalue weighted by molar-refractivity contribution is 5.93. The van der Waals surface area contributed by atoms with Gasteiger partial charge in [-0.2, -0.15) is 0 Å². The van der Waals surface area contributed by atoms with E-state index >= 15 is 0 Å². The highest BCUT2D eigenvalue weighted by Crippen LogP contribution is 2.34. The fourth-order valence-corrected chi connectivity index (χ4v) is 4.18. The molecular formula is C28H25N3O4. The minimum absolute atomic E-state index is 0.0916. The predicted molar refractivity (Wildman–Crippen MR) is 133 cm³/mol. The maximum absolute atomic E-state index is 11.2. The molecule has 0 radical (unpaired) electrons. The summed E-state index contributed by atoms with van der Waals surface area (Å²) in [6.45, 7) is 1.31. The standard InChI is InChI=1S/C28H25N3O4/c29-15-19-4-3-6-21(10-19)25-12-20(17-34-26-7-2-1-5-22(26)14-27(32)33)11-23-13-24(35-28(23)25)16-31-9-8-30-18-31/h1-13,18H,14-17,29H2,(H,32,33). The number of aromatic nitrogens is 2. The Labute approximate surface area is 202 Å². The molecule has 0 fully saturated rings. The third kappa shape index (κ3) is 5.10. The number of hydrogen-bond donors (Lipinski definition) is 2. The lowest BCUT2D eigenvalue weighted by atomic mass is 9.99. The van der Waals surface area contributed by atoms with Crippen LogP contribution in [0.25, 0.3) is 22.1 Å². The van der Waals surface area contributed by atoms with Crippen LogP contribution < -0.4 is 10.5 Å². The third-order valence-corrected chi connectivity index (χ3v) is 5.81. The Morgan fingerprint density at radius 1 is 1.06 bits per heavy atom. The first-order chi connectivity index (χ1) is 17.1. The number of furan rings is 1. The van der Waals surface area contributed by atoms with Crippen LogP contribution in [-0.2, 0) is 30.9 Å². The first-order valence-electron chi connectivity index (χ1n) is 11.3. The highest BCUT2D eigenvalue weighted by atomic mass is 16.5. The topological polar surface area (TPSA) is 104 Å². The molecule has 5 aromatic rings. The summed E-state index contributed by atoms with van der Waals surface area (Å²) in [5.74, 6) is 0.488. The Morgan fingerprint density at radius 2 is 1.94 bits per heavy atom. The molecule has 7 heteroatoms. The molecule has 7 nitrogen and oxygen atoms in total. The Hall–Kier alpha value is -4.36. The van der Waals surface area contributed by atoms with Gasteiger partial charge in [0.1, 0.15) is 23.7 Å². The van der Waals surface area contributed by atoms with Crippen molar-refractivity contribution in [3.63, 3.8) is 0 Å². The van der Waals surface area contributed by atoms with Crippen molar-refractivity contribution in [2.45, 2.75) is 26.1 Å². The summed E-state index contributed by atoms with van der Waals surface area (Å²) in [4.78, 5) is 15.3. The summed E-state index contributed by atoms with van der Waals surface area (Å²) in [5.41, 5.74) is 11.3. The lowest BCUT2D eigenvalue weighted by Gasteiger charge is -2.12. The lowest BCUT2D eigenvalue weighted by Crippen LogP contribution is -2.04. The zero-order valence-electron chi connectivity index (χ0n) is 19.1. The maximum Gasteiger partial charge on any atom is 0.307 e. The number of aliphatic carboxylic acids is 1. The Bertz CT molecular complexity index is 1470. The monoisotopic (exact) mass is 467 g/mol. The van der Waals surface area contributed by atoms with Gasteiger partial charge in [-0.3, -0.25) is 4.79 Å². The van der Waals surface area contributed by atoms with E-state index in [9.17, 15) is 9.90 Å². The van der Waals surface area contributed by atoms with Crippen LogP contribution in [0.2, 0.25) is 0 Å². The van der Waals surface area contributed by atoms with E-state index in [1.807, 2.05) is 53.2 Å². The van der Waals surface area contributed by atoms with Crippen molar-refractivity contribution in [3.8, 4) is 16.9 Å². The number of nitrogens with zero attached hydrogens (tertiary/aromatic N) is 2. The highest BCUT2D eigenvalue weighted by Gasteiger charge is 2.14. The first kappa shape index (κ1) is 22.4. The molecule has 0 spiro atoms. The van der Waals surface area contributed by atoms with Gasteiger partial charge >= 0.3 is 5.97 Å². The molecule has 0 amide bonds. The molecule has 0 aliphatic carbocycles. The third-order valence-electron chi connectivity index (χ3n) is 5.81. The predicted octanol–water partition coefficient (Wildman–Crippen LogP) is 5.01. The Balaban J connectivity index is 1.52. The number of carboxylic acids is 1. The van der Waals surface area contributed by atoms with Crippen molar-refractivity contribution in [2.24, 2.45) is 5.73 Å². The number of imidazole rings is 1. The molecule has 5 rings (SSSR count). The molecule has 0 saturated carbocycles. The summed E-state index contributed by atoms with van der Waals surface area (Å²) in [6.07, 6.45) is 5.30. The first-order valence-corrected chi connectivity index (χ1v) is 11.3. The second-order valence-corrected chi connectivity index (χ2v) is 8.38. The van der Waals surface area contributed by atoms with Crippen LogP contribution >= 0.6 is 0 Å². The fourth-order valence-electron chi connectivity index (χ4n) is 4.18. The molecule has 0 saturated heterocycles. The van der Waals surface area contributed by atoms with E-state index in [4.69, 9.17) is 14.9 Å². The average molecular weight is 468 g/mol. The van der Waals surface area contributed by atoms with Crippen LogP contribution in [-0.4, -0.2) is 20.6 Å². The summed E-state index contributed by atoms with van der Waals surface area (Å²) in [7, 11) is 0. The number of fused-ring (bicyclic) bond motifs is 1. The Kier molecular flexibility index (Phi) is 6.32. The number of nitrogens with two attached hydrogens (primary N) is 1. The Morgan fingerprint density at radius 3 is 2.74 bits per heavy atom. The number of rotatable bonds is 9. The van der Waals surface area contributed by atoms with Crippen LogP contribution in [0, 0.1) is 0 Å². The van der Waals surface area contributed by atoms with E-state index in [1.54, 1.807) is 24.7 Å². The lowest BCUT2D eigenvalue weighted by molar-refractivity contribution is -0.136. The van der Waals surface area contributed by atoms with Crippen LogP contribution in [0.15, 0.2) is 89.9 Å². The van der Waals surface area contributed by atoms with Crippen molar-refractivity contribution in [3.05, 3.63) is 108 Å². The quantitative estimate of drug-likeness (QED) is 0.316. The van der Waals surface area contributed by atoms with Crippen molar-refractivity contribution >= 4 is 16.9 Å². The van der Waals surface area contributed by atoms with E-state index < -0.39 is 5.97 Å². The fraction of sp³-hybridized carbons (Fsp3) is 0.143. The van der Waals surface area contributed by atoms with Gasteiger partial charge in [0.05, 0.1) is 19.3 Å². The van der Waals surface area contributed by atoms with Gasteiger partial charge in [0, 0.05) is 35.5 Å². The van der Waals surface area contributed by atoms with Crippen molar-refractivity contribution in [2.75, 3.05) is 0 Å². The van der Waals surface area contributed by atoms with E-state index in [-0.39, 0.29) is 13.0 Å². The molecule has 176 valence electrons. The van der Waals surface area contributed by atoms with Gasteiger partial charge < -0.3 is 24.6 Å². The van der Waals surface area contributed by atoms with Crippen LogP contribution in [0.5, 0.6) is 5.75 Å². The van der Waals surface area contributed by atoms with Crippen LogP contribution in [0.3, 0.4) is 0 Å². The number of carboxylic acid groups (broad SMARTS) is 1. The van der Waals surface area contributed by atoms with Gasteiger partial charge in [-0.25, -0.2) is 4.98 Å². The smallest absolute Gasteiger partial charge is 0.307 e.